The van der Waals surface area contributed by atoms with Crippen molar-refractivity contribution in [2.75, 3.05) is 20.3 Å². The van der Waals surface area contributed by atoms with Gasteiger partial charge in [0.25, 0.3) is 0 Å². The largest absolute Gasteiger partial charge is 0.489 e. The van der Waals surface area contributed by atoms with Gasteiger partial charge in [-0.15, -0.1) is 11.3 Å². The van der Waals surface area contributed by atoms with Crippen LogP contribution in [0.1, 0.15) is 43.3 Å². The van der Waals surface area contributed by atoms with Crippen LogP contribution in [0, 0.1) is 0 Å². The summed E-state index contributed by atoms with van der Waals surface area (Å²) < 4.78 is 16.2. The highest BCUT2D eigenvalue weighted by Gasteiger charge is 2.32. The zero-order valence-corrected chi connectivity index (χ0v) is 15.8. The van der Waals surface area contributed by atoms with E-state index in [1.165, 1.54) is 7.11 Å². The molecule has 0 aliphatic carbocycles. The maximum absolute atomic E-state index is 12.2. The van der Waals surface area contributed by atoms with Crippen LogP contribution in [0.5, 0.6) is 5.75 Å². The summed E-state index contributed by atoms with van der Waals surface area (Å²) in [6.45, 7) is 6.47. The molecule has 1 amide bonds. The molecule has 8 heteroatoms. The Kier molecular flexibility index (Phi) is 5.98. The Morgan fingerprint density at radius 2 is 2.12 bits per heavy atom. The Balaban J connectivity index is 1.97. The summed E-state index contributed by atoms with van der Waals surface area (Å²) in [7, 11) is 1.31. The van der Waals surface area contributed by atoms with Gasteiger partial charge in [-0.3, -0.25) is 0 Å². The molecule has 0 spiro atoms. The first-order valence-corrected chi connectivity index (χ1v) is 8.91. The Morgan fingerprint density at radius 3 is 2.75 bits per heavy atom. The van der Waals surface area contributed by atoms with E-state index in [4.69, 9.17) is 21.1 Å². The molecule has 134 valence electrons. The number of methoxy groups -OCH3 is 1. The minimum atomic E-state index is -0.531. The van der Waals surface area contributed by atoms with Gasteiger partial charge in [0.05, 0.1) is 13.2 Å². The van der Waals surface area contributed by atoms with Crippen LogP contribution in [0.25, 0.3) is 0 Å². The van der Waals surface area contributed by atoms with Crippen LogP contribution in [0.4, 0.5) is 4.79 Å². The minimum Gasteiger partial charge on any atom is -0.489 e. The lowest BCUT2D eigenvalue weighted by Crippen LogP contribution is -2.42. The molecule has 0 aromatic carbocycles. The molecule has 6 nitrogen and oxygen atoms in total. The number of esters is 1. The van der Waals surface area contributed by atoms with Gasteiger partial charge >= 0.3 is 12.1 Å². The van der Waals surface area contributed by atoms with Gasteiger partial charge in [0.15, 0.2) is 0 Å². The number of amides is 1. The van der Waals surface area contributed by atoms with Crippen molar-refractivity contribution in [3.63, 3.8) is 0 Å². The van der Waals surface area contributed by atoms with Gasteiger partial charge in [-0.2, -0.15) is 0 Å². The molecule has 1 aliphatic rings. The first kappa shape index (κ1) is 18.9. The lowest BCUT2D eigenvalue weighted by Gasteiger charge is -2.28. The van der Waals surface area contributed by atoms with Gasteiger partial charge in [-0.05, 0) is 33.6 Å². The van der Waals surface area contributed by atoms with Crippen molar-refractivity contribution in [3.8, 4) is 5.75 Å². The van der Waals surface area contributed by atoms with Crippen molar-refractivity contribution in [3.05, 3.63) is 15.3 Å². The molecular formula is C16H22ClNO5S. The molecule has 1 fully saturated rings. The summed E-state index contributed by atoms with van der Waals surface area (Å²) in [5.74, 6) is -0.0221. The van der Waals surface area contributed by atoms with Crippen molar-refractivity contribution < 1.29 is 23.8 Å². The van der Waals surface area contributed by atoms with Crippen LogP contribution < -0.4 is 4.74 Å². The molecule has 1 atom stereocenters. The molecule has 0 bridgehead atoms. The predicted molar refractivity (Wildman–Crippen MR) is 92.1 cm³/mol. The fourth-order valence-electron chi connectivity index (χ4n) is 2.41. The highest BCUT2D eigenvalue weighted by Crippen LogP contribution is 2.35. The number of carbonyl (C=O) groups excluding carboxylic acids is 2. The van der Waals surface area contributed by atoms with E-state index in [-0.39, 0.29) is 12.1 Å². The lowest BCUT2D eigenvalue weighted by molar-refractivity contribution is 0.0187. The van der Waals surface area contributed by atoms with Gasteiger partial charge in [-0.1, -0.05) is 11.6 Å². The first-order valence-electron chi connectivity index (χ1n) is 7.71. The molecule has 24 heavy (non-hydrogen) atoms. The molecule has 1 aromatic rings. The highest BCUT2D eigenvalue weighted by molar-refractivity contribution is 7.18. The summed E-state index contributed by atoms with van der Waals surface area (Å²) in [5.41, 5.74) is -0.531. The van der Waals surface area contributed by atoms with E-state index in [0.29, 0.717) is 28.1 Å². The topological polar surface area (TPSA) is 65.1 Å². The molecule has 2 heterocycles. The van der Waals surface area contributed by atoms with E-state index in [2.05, 4.69) is 4.74 Å². The van der Waals surface area contributed by atoms with Gasteiger partial charge in [0, 0.05) is 12.6 Å². The molecule has 1 aliphatic heterocycles. The summed E-state index contributed by atoms with van der Waals surface area (Å²) in [6.07, 6.45) is 1.41. The Labute approximate surface area is 150 Å². The third kappa shape index (κ3) is 4.77. The molecule has 0 saturated carbocycles. The standard InChI is InChI=1S/C16H22ClNO5S/c1-16(2,3)23-15(20)18-7-5-6-10(18)9-22-11-8-12(14(19)21-4)24-13(11)17/h8,10H,5-7,9H2,1-4H3. The highest BCUT2D eigenvalue weighted by atomic mass is 35.5. The van der Waals surface area contributed by atoms with Crippen molar-refractivity contribution in [2.45, 2.75) is 45.3 Å². The monoisotopic (exact) mass is 375 g/mol. The quantitative estimate of drug-likeness (QED) is 0.745. The van der Waals surface area contributed by atoms with Crippen molar-refractivity contribution in [1.29, 1.82) is 0 Å². The predicted octanol–water partition coefficient (Wildman–Crippen LogP) is 3.97. The van der Waals surface area contributed by atoms with Crippen LogP contribution in [0.15, 0.2) is 6.07 Å². The Bertz CT molecular complexity index is 610. The lowest BCUT2D eigenvalue weighted by atomic mass is 10.2. The third-order valence-electron chi connectivity index (χ3n) is 3.48. The van der Waals surface area contributed by atoms with Crippen molar-refractivity contribution in [1.82, 2.24) is 4.90 Å². The third-order valence-corrected chi connectivity index (χ3v) is 4.78. The molecule has 1 unspecified atom stereocenters. The van der Waals surface area contributed by atoms with E-state index in [1.807, 2.05) is 20.8 Å². The number of likely N-dealkylation sites (tertiary alicyclic amines) is 1. The summed E-state index contributed by atoms with van der Waals surface area (Å²) in [6, 6.07) is 1.49. The molecule has 0 N–H and O–H groups in total. The Hall–Kier alpha value is -1.47. The number of nitrogens with zero attached hydrogens (tertiary/aromatic N) is 1. The fraction of sp³-hybridized carbons (Fsp3) is 0.625. The summed E-state index contributed by atoms with van der Waals surface area (Å²) in [5, 5.41) is 0. The van der Waals surface area contributed by atoms with Crippen LogP contribution in [-0.2, 0) is 9.47 Å². The van der Waals surface area contributed by atoms with E-state index in [0.717, 1.165) is 24.2 Å². The maximum atomic E-state index is 12.2. The maximum Gasteiger partial charge on any atom is 0.410 e. The second-order valence-corrected chi connectivity index (χ2v) is 8.18. The molecule has 0 radical (unpaired) electrons. The minimum absolute atomic E-state index is 0.0719. The number of ether oxygens (including phenoxy) is 3. The second-order valence-electron chi connectivity index (χ2n) is 6.52. The summed E-state index contributed by atoms with van der Waals surface area (Å²) in [4.78, 5) is 25.8. The average molecular weight is 376 g/mol. The van der Waals surface area contributed by atoms with Gasteiger partial charge in [0.2, 0.25) is 0 Å². The SMILES string of the molecule is COC(=O)c1cc(OCC2CCCN2C(=O)OC(C)(C)C)c(Cl)s1. The number of rotatable bonds is 4. The summed E-state index contributed by atoms with van der Waals surface area (Å²) >= 11 is 7.20. The smallest absolute Gasteiger partial charge is 0.410 e. The molecule has 2 rings (SSSR count). The number of halogens is 1. The number of hydrogen-bond donors (Lipinski definition) is 0. The Morgan fingerprint density at radius 1 is 1.42 bits per heavy atom. The molecule has 1 aromatic heterocycles. The number of thiophene rings is 1. The van der Waals surface area contributed by atoms with Crippen molar-refractivity contribution >= 4 is 35.0 Å². The van der Waals surface area contributed by atoms with Crippen molar-refractivity contribution in [2.24, 2.45) is 0 Å². The van der Waals surface area contributed by atoms with Gasteiger partial charge in [0.1, 0.15) is 27.2 Å². The van der Waals surface area contributed by atoms with Gasteiger partial charge < -0.3 is 19.1 Å². The van der Waals surface area contributed by atoms with Gasteiger partial charge in [-0.25, -0.2) is 9.59 Å². The van der Waals surface area contributed by atoms with E-state index in [9.17, 15) is 9.59 Å². The van der Waals surface area contributed by atoms with Crippen LogP contribution in [-0.4, -0.2) is 48.9 Å². The molecule has 1 saturated heterocycles. The first-order chi connectivity index (χ1) is 11.2. The normalized spacial score (nSPS) is 17.7. The van der Waals surface area contributed by atoms with E-state index < -0.39 is 11.6 Å². The number of hydrogen-bond acceptors (Lipinski definition) is 6. The van der Waals surface area contributed by atoms with E-state index >= 15 is 0 Å². The second kappa shape index (κ2) is 7.61. The number of carbonyl (C=O) groups is 2. The van der Waals surface area contributed by atoms with Crippen LogP contribution in [0.2, 0.25) is 4.34 Å². The zero-order valence-electron chi connectivity index (χ0n) is 14.3. The fourth-order valence-corrected chi connectivity index (χ4v) is 3.51. The zero-order chi connectivity index (χ0) is 17.9. The van der Waals surface area contributed by atoms with Crippen LogP contribution in [0.3, 0.4) is 0 Å². The van der Waals surface area contributed by atoms with Crippen LogP contribution >= 0.6 is 22.9 Å². The molecular weight excluding hydrogens is 354 g/mol. The average Bonchev–Trinajstić information content (AvgIpc) is 3.09. The van der Waals surface area contributed by atoms with E-state index in [1.54, 1.807) is 11.0 Å².